The number of non-ortho nitro benzene ring substituents is 1. The molecule has 0 amide bonds. The lowest BCUT2D eigenvalue weighted by Crippen LogP contribution is -2.10. The first-order valence-electron chi connectivity index (χ1n) is 5.14. The molecular weight excluding hydrogens is 390 g/mol. The second-order valence-corrected chi connectivity index (χ2v) is 4.68. The van der Waals surface area contributed by atoms with E-state index in [0.29, 0.717) is 0 Å². The van der Waals surface area contributed by atoms with Crippen LogP contribution in [0.3, 0.4) is 0 Å². The van der Waals surface area contributed by atoms with Crippen molar-refractivity contribution in [2.75, 3.05) is 0 Å². The molecule has 0 radical (unpaired) electrons. The van der Waals surface area contributed by atoms with Gasteiger partial charge in [-0.15, -0.1) is 0 Å². The molecule has 0 saturated carbocycles. The SMILES string of the molecule is O=[N+]([O-])c1cccc(-c2cc(C(F)(F)F)nc(I)n2)c1. The lowest BCUT2D eigenvalue weighted by molar-refractivity contribution is -0.384. The average Bonchev–Trinajstić information content (AvgIpc) is 2.37. The van der Waals surface area contributed by atoms with Crippen molar-refractivity contribution in [3.05, 3.63) is 50.0 Å². The second-order valence-electron chi connectivity index (χ2n) is 3.71. The maximum Gasteiger partial charge on any atom is 0.433 e. The van der Waals surface area contributed by atoms with Gasteiger partial charge in [0.15, 0.2) is 3.83 Å². The van der Waals surface area contributed by atoms with Gasteiger partial charge in [0, 0.05) is 40.3 Å². The Morgan fingerprint density at radius 1 is 1.20 bits per heavy atom. The fourth-order valence-electron chi connectivity index (χ4n) is 1.49. The predicted octanol–water partition coefficient (Wildman–Crippen LogP) is 3.68. The van der Waals surface area contributed by atoms with Gasteiger partial charge in [0.05, 0.1) is 10.6 Å². The van der Waals surface area contributed by atoms with Crippen LogP contribution in [0, 0.1) is 13.9 Å². The highest BCUT2D eigenvalue weighted by Gasteiger charge is 2.33. The summed E-state index contributed by atoms with van der Waals surface area (Å²) < 4.78 is 37.9. The molecule has 20 heavy (non-hydrogen) atoms. The molecule has 0 unspecified atom stereocenters. The Bertz CT molecular complexity index is 676. The summed E-state index contributed by atoms with van der Waals surface area (Å²) in [6.45, 7) is 0. The Morgan fingerprint density at radius 2 is 1.90 bits per heavy atom. The summed E-state index contributed by atoms with van der Waals surface area (Å²) in [4.78, 5) is 17.2. The third kappa shape index (κ3) is 3.21. The van der Waals surface area contributed by atoms with Crippen LogP contribution in [0.5, 0.6) is 0 Å². The number of aromatic nitrogens is 2. The summed E-state index contributed by atoms with van der Waals surface area (Å²) >= 11 is 1.56. The zero-order valence-corrected chi connectivity index (χ0v) is 11.7. The van der Waals surface area contributed by atoms with Crippen LogP contribution in [-0.2, 0) is 6.18 Å². The molecule has 0 aliphatic heterocycles. The Morgan fingerprint density at radius 3 is 2.50 bits per heavy atom. The van der Waals surface area contributed by atoms with Gasteiger partial charge in [-0.25, -0.2) is 9.97 Å². The van der Waals surface area contributed by atoms with E-state index in [-0.39, 0.29) is 20.8 Å². The molecule has 2 rings (SSSR count). The summed E-state index contributed by atoms with van der Waals surface area (Å²) in [5, 5.41) is 10.7. The molecule has 5 nitrogen and oxygen atoms in total. The van der Waals surface area contributed by atoms with Crippen molar-refractivity contribution in [2.45, 2.75) is 6.18 Å². The molecule has 1 aromatic heterocycles. The number of hydrogen-bond donors (Lipinski definition) is 0. The number of nitro groups is 1. The summed E-state index contributed by atoms with van der Waals surface area (Å²) in [5.41, 5.74) is -1.09. The lowest BCUT2D eigenvalue weighted by atomic mass is 10.1. The Balaban J connectivity index is 2.55. The molecule has 0 aliphatic rings. The van der Waals surface area contributed by atoms with Gasteiger partial charge in [0.1, 0.15) is 5.69 Å². The van der Waals surface area contributed by atoms with Crippen molar-refractivity contribution in [3.8, 4) is 11.3 Å². The van der Waals surface area contributed by atoms with Crippen molar-refractivity contribution in [1.82, 2.24) is 9.97 Å². The van der Waals surface area contributed by atoms with Crippen LogP contribution in [0.15, 0.2) is 30.3 Å². The van der Waals surface area contributed by atoms with E-state index in [9.17, 15) is 23.3 Å². The van der Waals surface area contributed by atoms with E-state index in [0.717, 1.165) is 6.07 Å². The smallest absolute Gasteiger partial charge is 0.258 e. The number of benzene rings is 1. The number of halogens is 4. The highest BCUT2D eigenvalue weighted by atomic mass is 127. The van der Waals surface area contributed by atoms with Crippen molar-refractivity contribution < 1.29 is 18.1 Å². The van der Waals surface area contributed by atoms with E-state index in [1.807, 2.05) is 0 Å². The number of rotatable bonds is 2. The third-order valence-corrected chi connectivity index (χ3v) is 2.82. The largest absolute Gasteiger partial charge is 0.433 e. The van der Waals surface area contributed by atoms with E-state index in [2.05, 4.69) is 9.97 Å². The highest BCUT2D eigenvalue weighted by molar-refractivity contribution is 14.1. The molecule has 0 fully saturated rings. The van der Waals surface area contributed by atoms with Gasteiger partial charge in [-0.05, 0) is 6.07 Å². The first kappa shape index (κ1) is 14.6. The van der Waals surface area contributed by atoms with Gasteiger partial charge in [-0.2, -0.15) is 13.2 Å². The Labute approximate surface area is 124 Å². The monoisotopic (exact) mass is 395 g/mol. The topological polar surface area (TPSA) is 68.9 Å². The maximum absolute atomic E-state index is 12.7. The Hall–Kier alpha value is -1.78. The van der Waals surface area contributed by atoms with Crippen LogP contribution >= 0.6 is 22.6 Å². The minimum atomic E-state index is -4.60. The molecule has 0 N–H and O–H groups in total. The molecule has 0 atom stereocenters. The van der Waals surface area contributed by atoms with Crippen molar-refractivity contribution in [2.24, 2.45) is 0 Å². The fraction of sp³-hybridized carbons (Fsp3) is 0.0909. The van der Waals surface area contributed by atoms with Crippen molar-refractivity contribution in [3.63, 3.8) is 0 Å². The molecule has 0 aliphatic carbocycles. The normalized spacial score (nSPS) is 11.4. The molecule has 9 heteroatoms. The van der Waals surface area contributed by atoms with Crippen LogP contribution in [0.2, 0.25) is 0 Å². The number of nitro benzene ring substituents is 1. The van der Waals surface area contributed by atoms with Gasteiger partial charge in [0.25, 0.3) is 5.69 Å². The van der Waals surface area contributed by atoms with Crippen LogP contribution in [0.25, 0.3) is 11.3 Å². The predicted molar refractivity (Wildman–Crippen MR) is 71.8 cm³/mol. The maximum atomic E-state index is 12.7. The van der Waals surface area contributed by atoms with E-state index in [4.69, 9.17) is 0 Å². The van der Waals surface area contributed by atoms with E-state index < -0.39 is 16.8 Å². The van der Waals surface area contributed by atoms with Crippen LogP contribution < -0.4 is 0 Å². The van der Waals surface area contributed by atoms with Gasteiger partial charge in [0.2, 0.25) is 0 Å². The molecule has 0 spiro atoms. The zero-order chi connectivity index (χ0) is 14.9. The summed E-state index contributed by atoms with van der Waals surface area (Å²) in [7, 11) is 0. The number of nitrogens with zero attached hydrogens (tertiary/aromatic N) is 3. The summed E-state index contributed by atoms with van der Waals surface area (Å²) in [6.07, 6.45) is -4.60. The minimum Gasteiger partial charge on any atom is -0.258 e. The van der Waals surface area contributed by atoms with Gasteiger partial charge >= 0.3 is 6.18 Å². The highest BCUT2D eigenvalue weighted by Crippen LogP contribution is 2.31. The van der Waals surface area contributed by atoms with Crippen LogP contribution in [0.1, 0.15) is 5.69 Å². The van der Waals surface area contributed by atoms with Crippen molar-refractivity contribution >= 4 is 28.3 Å². The standard InChI is InChI=1S/C11H5F3IN3O2/c12-11(13,14)9-5-8(16-10(15)17-9)6-2-1-3-7(4-6)18(19)20/h1-5H. The number of hydrogen-bond acceptors (Lipinski definition) is 4. The molecule has 0 saturated heterocycles. The fourth-order valence-corrected chi connectivity index (χ4v) is 2.01. The van der Waals surface area contributed by atoms with Gasteiger partial charge in [-0.3, -0.25) is 10.1 Å². The quantitative estimate of drug-likeness (QED) is 0.337. The van der Waals surface area contributed by atoms with E-state index in [1.54, 1.807) is 22.6 Å². The van der Waals surface area contributed by atoms with Crippen molar-refractivity contribution in [1.29, 1.82) is 0 Å². The molecule has 0 bridgehead atoms. The lowest BCUT2D eigenvalue weighted by Gasteiger charge is -2.08. The third-order valence-electron chi connectivity index (χ3n) is 2.34. The second kappa shape index (κ2) is 5.31. The summed E-state index contributed by atoms with van der Waals surface area (Å²) in [5.74, 6) is 0. The molecular formula is C11H5F3IN3O2. The zero-order valence-electron chi connectivity index (χ0n) is 9.56. The van der Waals surface area contributed by atoms with E-state index in [1.165, 1.54) is 24.3 Å². The van der Waals surface area contributed by atoms with Crippen LogP contribution in [0.4, 0.5) is 18.9 Å². The molecule has 104 valence electrons. The van der Waals surface area contributed by atoms with E-state index >= 15 is 0 Å². The van der Waals surface area contributed by atoms with Crippen LogP contribution in [-0.4, -0.2) is 14.9 Å². The molecule has 2 aromatic rings. The molecule has 1 aromatic carbocycles. The van der Waals surface area contributed by atoms with Gasteiger partial charge in [-0.1, -0.05) is 12.1 Å². The van der Waals surface area contributed by atoms with Gasteiger partial charge < -0.3 is 0 Å². The first-order valence-corrected chi connectivity index (χ1v) is 6.22. The average molecular weight is 395 g/mol. The first-order chi connectivity index (χ1) is 9.27. The molecule has 1 heterocycles. The summed E-state index contributed by atoms with van der Waals surface area (Å²) in [6, 6.07) is 6.02. The Kier molecular flexibility index (Phi) is 3.88. The minimum absolute atomic E-state index is 0.0135. The number of alkyl halides is 3.